The van der Waals surface area contributed by atoms with Crippen molar-refractivity contribution in [1.29, 1.82) is 0 Å². The van der Waals surface area contributed by atoms with Gasteiger partial charge in [-0.2, -0.15) is 0 Å². The molecule has 2 aromatic carbocycles. The Bertz CT molecular complexity index is 608. The van der Waals surface area contributed by atoms with Crippen LogP contribution in [-0.2, 0) is 6.42 Å². The van der Waals surface area contributed by atoms with Gasteiger partial charge in [0.15, 0.2) is 0 Å². The summed E-state index contributed by atoms with van der Waals surface area (Å²) in [5.74, 6) is 0. The van der Waals surface area contributed by atoms with Crippen molar-refractivity contribution in [3.05, 3.63) is 68.7 Å². The first-order valence-corrected chi connectivity index (χ1v) is 7.34. The van der Waals surface area contributed by atoms with Crippen LogP contribution in [0.25, 0.3) is 0 Å². The molecular formula is C18H22ClN. The topological polar surface area (TPSA) is 26.0 Å². The predicted molar refractivity (Wildman–Crippen MR) is 87.5 cm³/mol. The molecule has 1 atom stereocenters. The van der Waals surface area contributed by atoms with Crippen LogP contribution in [0, 0.1) is 27.7 Å². The Balaban J connectivity index is 2.31. The molecule has 0 aromatic heterocycles. The molecule has 0 heterocycles. The second kappa shape index (κ2) is 5.99. The van der Waals surface area contributed by atoms with Gasteiger partial charge in [0.25, 0.3) is 0 Å². The third-order valence-corrected chi connectivity index (χ3v) is 4.11. The van der Waals surface area contributed by atoms with Crippen molar-refractivity contribution >= 4 is 11.6 Å². The molecule has 106 valence electrons. The lowest BCUT2D eigenvalue weighted by Gasteiger charge is -2.19. The van der Waals surface area contributed by atoms with E-state index < -0.39 is 0 Å². The summed E-state index contributed by atoms with van der Waals surface area (Å²) in [6.45, 7) is 8.42. The Hall–Kier alpha value is -1.31. The van der Waals surface area contributed by atoms with Gasteiger partial charge in [0, 0.05) is 11.1 Å². The first-order valence-electron chi connectivity index (χ1n) is 6.97. The average molecular weight is 288 g/mol. The lowest BCUT2D eigenvalue weighted by molar-refractivity contribution is 0.711. The van der Waals surface area contributed by atoms with E-state index in [4.69, 9.17) is 17.3 Å². The minimum atomic E-state index is -0.0178. The highest BCUT2D eigenvalue weighted by molar-refractivity contribution is 6.31. The quantitative estimate of drug-likeness (QED) is 0.861. The van der Waals surface area contributed by atoms with Crippen molar-refractivity contribution in [2.24, 2.45) is 5.73 Å². The summed E-state index contributed by atoms with van der Waals surface area (Å²) in [7, 11) is 0. The van der Waals surface area contributed by atoms with Crippen LogP contribution in [0.1, 0.15) is 39.4 Å². The molecule has 0 aliphatic carbocycles. The van der Waals surface area contributed by atoms with Crippen LogP contribution in [0.5, 0.6) is 0 Å². The van der Waals surface area contributed by atoms with Crippen LogP contribution >= 0.6 is 11.6 Å². The smallest absolute Gasteiger partial charge is 0.0441 e. The van der Waals surface area contributed by atoms with Gasteiger partial charge in [0.2, 0.25) is 0 Å². The van der Waals surface area contributed by atoms with Crippen LogP contribution in [0.2, 0.25) is 5.02 Å². The van der Waals surface area contributed by atoms with Gasteiger partial charge in [-0.1, -0.05) is 41.4 Å². The molecule has 20 heavy (non-hydrogen) atoms. The molecule has 1 nitrogen and oxygen atoms in total. The molecule has 2 rings (SSSR count). The number of hydrogen-bond acceptors (Lipinski definition) is 1. The number of halogens is 1. The highest BCUT2D eigenvalue weighted by atomic mass is 35.5. The van der Waals surface area contributed by atoms with Gasteiger partial charge in [0.1, 0.15) is 0 Å². The van der Waals surface area contributed by atoms with Gasteiger partial charge in [-0.3, -0.25) is 0 Å². The molecule has 1 unspecified atom stereocenters. The lowest BCUT2D eigenvalue weighted by atomic mass is 9.91. The zero-order chi connectivity index (χ0) is 14.9. The van der Waals surface area contributed by atoms with E-state index in [-0.39, 0.29) is 6.04 Å². The molecule has 0 saturated carbocycles. The molecule has 0 radical (unpaired) electrons. The molecule has 0 amide bonds. The molecular weight excluding hydrogens is 266 g/mol. The van der Waals surface area contributed by atoms with Gasteiger partial charge in [-0.25, -0.2) is 0 Å². The van der Waals surface area contributed by atoms with E-state index in [0.29, 0.717) is 0 Å². The van der Waals surface area contributed by atoms with Crippen molar-refractivity contribution in [2.75, 3.05) is 0 Å². The van der Waals surface area contributed by atoms with Crippen molar-refractivity contribution in [1.82, 2.24) is 0 Å². The SMILES string of the molecule is Cc1cc(C)c(C(N)Cc2ccc(C)cc2Cl)c(C)c1. The van der Waals surface area contributed by atoms with E-state index >= 15 is 0 Å². The summed E-state index contributed by atoms with van der Waals surface area (Å²) in [4.78, 5) is 0. The van der Waals surface area contributed by atoms with Crippen molar-refractivity contribution in [3.63, 3.8) is 0 Å². The summed E-state index contributed by atoms with van der Waals surface area (Å²) in [5, 5.41) is 0.808. The van der Waals surface area contributed by atoms with Crippen LogP contribution in [0.3, 0.4) is 0 Å². The summed E-state index contributed by atoms with van der Waals surface area (Å²) in [6, 6.07) is 10.5. The first kappa shape index (κ1) is 15.1. The van der Waals surface area contributed by atoms with Gasteiger partial charge < -0.3 is 5.73 Å². The number of rotatable bonds is 3. The van der Waals surface area contributed by atoms with Crippen LogP contribution in [0.4, 0.5) is 0 Å². The predicted octanol–water partition coefficient (Wildman–Crippen LogP) is 4.82. The van der Waals surface area contributed by atoms with Crippen LogP contribution in [-0.4, -0.2) is 0 Å². The summed E-state index contributed by atoms with van der Waals surface area (Å²) >= 11 is 6.31. The Labute approximate surface area is 126 Å². The van der Waals surface area contributed by atoms with E-state index in [0.717, 1.165) is 17.0 Å². The molecule has 0 bridgehead atoms. The third-order valence-electron chi connectivity index (χ3n) is 3.76. The van der Waals surface area contributed by atoms with Crippen molar-refractivity contribution in [3.8, 4) is 0 Å². The zero-order valence-electron chi connectivity index (χ0n) is 12.6. The fourth-order valence-electron chi connectivity index (χ4n) is 2.93. The monoisotopic (exact) mass is 287 g/mol. The molecule has 0 saturated heterocycles. The first-order chi connectivity index (χ1) is 9.38. The summed E-state index contributed by atoms with van der Waals surface area (Å²) in [5.41, 5.74) is 13.8. The summed E-state index contributed by atoms with van der Waals surface area (Å²) < 4.78 is 0. The van der Waals surface area contributed by atoms with E-state index in [1.54, 1.807) is 0 Å². The minimum Gasteiger partial charge on any atom is -0.324 e. The van der Waals surface area contributed by atoms with Gasteiger partial charge in [0.05, 0.1) is 0 Å². The molecule has 0 fully saturated rings. The maximum atomic E-state index is 6.43. The number of nitrogens with two attached hydrogens (primary N) is 1. The molecule has 2 N–H and O–H groups in total. The Kier molecular flexibility index (Phi) is 4.52. The number of benzene rings is 2. The molecule has 0 spiro atoms. The van der Waals surface area contributed by atoms with E-state index in [1.807, 2.05) is 13.0 Å². The maximum absolute atomic E-state index is 6.43. The second-order valence-corrected chi connectivity index (χ2v) is 6.13. The zero-order valence-corrected chi connectivity index (χ0v) is 13.4. The third kappa shape index (κ3) is 3.23. The van der Waals surface area contributed by atoms with E-state index in [9.17, 15) is 0 Å². The molecule has 0 aliphatic heterocycles. The number of hydrogen-bond donors (Lipinski definition) is 1. The van der Waals surface area contributed by atoms with Crippen LogP contribution < -0.4 is 5.73 Å². The number of aryl methyl sites for hydroxylation is 4. The standard InChI is InChI=1S/C18H22ClN/c1-11-5-6-15(16(19)9-11)10-17(20)18-13(3)7-12(2)8-14(18)4/h5-9,17H,10,20H2,1-4H3. The fraction of sp³-hybridized carbons (Fsp3) is 0.333. The highest BCUT2D eigenvalue weighted by Crippen LogP contribution is 2.27. The van der Waals surface area contributed by atoms with Gasteiger partial charge in [-0.15, -0.1) is 0 Å². The van der Waals surface area contributed by atoms with Crippen LogP contribution in [0.15, 0.2) is 30.3 Å². The fourth-order valence-corrected chi connectivity index (χ4v) is 3.25. The van der Waals surface area contributed by atoms with Gasteiger partial charge in [-0.05, 0) is 68.0 Å². The van der Waals surface area contributed by atoms with Gasteiger partial charge >= 0.3 is 0 Å². The second-order valence-electron chi connectivity index (χ2n) is 5.72. The summed E-state index contributed by atoms with van der Waals surface area (Å²) in [6.07, 6.45) is 0.768. The largest absolute Gasteiger partial charge is 0.324 e. The van der Waals surface area contributed by atoms with E-state index in [2.05, 4.69) is 45.0 Å². The Morgan fingerprint density at radius 3 is 2.10 bits per heavy atom. The molecule has 0 aliphatic rings. The van der Waals surface area contributed by atoms with Crippen molar-refractivity contribution in [2.45, 2.75) is 40.2 Å². The van der Waals surface area contributed by atoms with Crippen molar-refractivity contribution < 1.29 is 0 Å². The molecule has 2 aromatic rings. The maximum Gasteiger partial charge on any atom is 0.0441 e. The normalized spacial score (nSPS) is 12.5. The van der Waals surface area contributed by atoms with E-state index in [1.165, 1.54) is 27.8 Å². The molecule has 2 heteroatoms. The average Bonchev–Trinajstić information content (AvgIpc) is 2.31. The highest BCUT2D eigenvalue weighted by Gasteiger charge is 2.14. The Morgan fingerprint density at radius 1 is 0.950 bits per heavy atom. The lowest BCUT2D eigenvalue weighted by Crippen LogP contribution is -2.16. The minimum absolute atomic E-state index is 0.0178. The Morgan fingerprint density at radius 2 is 1.55 bits per heavy atom.